The molecule has 0 radical (unpaired) electrons. The van der Waals surface area contributed by atoms with Gasteiger partial charge < -0.3 is 5.32 Å². The summed E-state index contributed by atoms with van der Waals surface area (Å²) in [5.41, 5.74) is 5.73. The summed E-state index contributed by atoms with van der Waals surface area (Å²) in [6, 6.07) is 12.7. The normalized spacial score (nSPS) is 16.7. The molecule has 1 aliphatic heterocycles. The molecule has 0 saturated carbocycles. The maximum Gasteiger partial charge on any atom is 0.232 e. The van der Waals surface area contributed by atoms with Crippen molar-refractivity contribution >= 4 is 23.4 Å². The number of benzene rings is 2. The minimum absolute atomic E-state index is 0.0706. The quantitative estimate of drug-likeness (QED) is 0.856. The van der Waals surface area contributed by atoms with Crippen LogP contribution in [0.25, 0.3) is 0 Å². The molecule has 0 unspecified atom stereocenters. The molecular weight excluding hydrogens is 278 g/mol. The summed E-state index contributed by atoms with van der Waals surface area (Å²) < 4.78 is 0. The fraction of sp³-hybridized carbons (Fsp3) is 0.278. The molecule has 0 saturated heterocycles. The standard InChI is InChI=1S/C18H19NOS/c1-11-8-12(2)17-15(9-11)16(18(20)19-17)10-13-4-6-14(21-3)7-5-13/h4-9,16H,10H2,1-3H3,(H,19,20)/t16-/m1/s1. The van der Waals surface area contributed by atoms with E-state index in [-0.39, 0.29) is 11.8 Å². The minimum atomic E-state index is -0.0706. The average molecular weight is 297 g/mol. The average Bonchev–Trinajstić information content (AvgIpc) is 2.77. The molecule has 0 aromatic heterocycles. The highest BCUT2D eigenvalue weighted by Gasteiger charge is 2.31. The zero-order valence-corrected chi connectivity index (χ0v) is 13.4. The Labute approximate surface area is 130 Å². The molecule has 21 heavy (non-hydrogen) atoms. The molecule has 0 aliphatic carbocycles. The number of rotatable bonds is 3. The third kappa shape index (κ3) is 2.70. The predicted octanol–water partition coefficient (Wildman–Crippen LogP) is 4.30. The summed E-state index contributed by atoms with van der Waals surface area (Å²) in [5.74, 6) is 0.0476. The van der Waals surface area contributed by atoms with Crippen molar-refractivity contribution in [2.24, 2.45) is 0 Å². The molecule has 3 heteroatoms. The fourth-order valence-electron chi connectivity index (χ4n) is 3.00. The fourth-order valence-corrected chi connectivity index (χ4v) is 3.41. The lowest BCUT2D eigenvalue weighted by molar-refractivity contribution is -0.117. The molecule has 2 aromatic rings. The summed E-state index contributed by atoms with van der Waals surface area (Å²) in [6.45, 7) is 4.14. The van der Waals surface area contributed by atoms with Gasteiger partial charge in [-0.3, -0.25) is 4.79 Å². The van der Waals surface area contributed by atoms with Crippen molar-refractivity contribution in [2.45, 2.75) is 31.1 Å². The molecule has 1 N–H and O–H groups in total. The van der Waals surface area contributed by atoms with Crippen molar-refractivity contribution in [1.82, 2.24) is 0 Å². The number of anilines is 1. The molecule has 1 heterocycles. The third-order valence-electron chi connectivity index (χ3n) is 4.05. The second-order valence-corrected chi connectivity index (χ2v) is 6.52. The Bertz CT molecular complexity index is 691. The summed E-state index contributed by atoms with van der Waals surface area (Å²) in [5, 5.41) is 3.04. The highest BCUT2D eigenvalue weighted by molar-refractivity contribution is 7.98. The second-order valence-electron chi connectivity index (χ2n) is 5.64. The molecule has 0 fully saturated rings. The number of aryl methyl sites for hydroxylation is 2. The Hall–Kier alpha value is -1.74. The first-order valence-corrected chi connectivity index (χ1v) is 8.36. The van der Waals surface area contributed by atoms with Gasteiger partial charge in [0, 0.05) is 10.6 Å². The smallest absolute Gasteiger partial charge is 0.232 e. The van der Waals surface area contributed by atoms with Gasteiger partial charge in [-0.25, -0.2) is 0 Å². The number of carbonyl (C=O) groups is 1. The molecule has 1 atom stereocenters. The lowest BCUT2D eigenvalue weighted by atomic mass is 9.91. The number of carbonyl (C=O) groups excluding carboxylic acids is 1. The van der Waals surface area contributed by atoms with E-state index in [1.807, 2.05) is 0 Å². The number of thioether (sulfide) groups is 1. The summed E-state index contributed by atoms with van der Waals surface area (Å²) in [6.07, 6.45) is 2.83. The lowest BCUT2D eigenvalue weighted by Gasteiger charge is -2.11. The van der Waals surface area contributed by atoms with E-state index in [0.29, 0.717) is 0 Å². The van der Waals surface area contributed by atoms with Crippen LogP contribution in [0.4, 0.5) is 5.69 Å². The van der Waals surface area contributed by atoms with Gasteiger partial charge in [-0.05, 0) is 55.3 Å². The van der Waals surface area contributed by atoms with Crippen LogP contribution in [0.15, 0.2) is 41.3 Å². The van der Waals surface area contributed by atoms with Crippen LogP contribution in [-0.4, -0.2) is 12.2 Å². The molecule has 1 amide bonds. The van der Waals surface area contributed by atoms with Crippen LogP contribution in [0.2, 0.25) is 0 Å². The minimum Gasteiger partial charge on any atom is -0.325 e. The van der Waals surface area contributed by atoms with Crippen LogP contribution in [0.3, 0.4) is 0 Å². The van der Waals surface area contributed by atoms with Gasteiger partial charge in [-0.1, -0.05) is 29.8 Å². The summed E-state index contributed by atoms with van der Waals surface area (Å²) >= 11 is 1.73. The maximum atomic E-state index is 12.3. The maximum absolute atomic E-state index is 12.3. The molecular formula is C18H19NOS. The zero-order valence-electron chi connectivity index (χ0n) is 12.6. The number of nitrogens with one attached hydrogen (secondary N) is 1. The van der Waals surface area contributed by atoms with E-state index in [0.717, 1.165) is 23.2 Å². The Morgan fingerprint density at radius 3 is 2.52 bits per heavy atom. The van der Waals surface area contributed by atoms with Crippen molar-refractivity contribution in [3.05, 3.63) is 58.7 Å². The molecule has 2 nitrogen and oxygen atoms in total. The van der Waals surface area contributed by atoms with E-state index >= 15 is 0 Å². The zero-order chi connectivity index (χ0) is 15.0. The first-order chi connectivity index (χ1) is 10.1. The highest BCUT2D eigenvalue weighted by Crippen LogP contribution is 2.37. The monoisotopic (exact) mass is 297 g/mol. The first-order valence-electron chi connectivity index (χ1n) is 7.13. The molecule has 0 bridgehead atoms. The van der Waals surface area contributed by atoms with Crippen molar-refractivity contribution in [3.8, 4) is 0 Å². The number of fused-ring (bicyclic) bond motifs is 1. The molecule has 108 valence electrons. The SMILES string of the molecule is CSc1ccc(C[C@H]2C(=O)Nc3c(C)cc(C)cc32)cc1. The summed E-state index contributed by atoms with van der Waals surface area (Å²) in [7, 11) is 0. The molecule has 3 rings (SSSR count). The third-order valence-corrected chi connectivity index (χ3v) is 4.79. The molecule has 1 aliphatic rings. The van der Waals surface area contributed by atoms with Crippen LogP contribution in [0.5, 0.6) is 0 Å². The van der Waals surface area contributed by atoms with Crippen LogP contribution in [0.1, 0.15) is 28.2 Å². The molecule has 2 aromatic carbocycles. The van der Waals surface area contributed by atoms with Crippen molar-refractivity contribution < 1.29 is 4.79 Å². The van der Waals surface area contributed by atoms with Gasteiger partial charge in [0.15, 0.2) is 0 Å². The lowest BCUT2D eigenvalue weighted by Crippen LogP contribution is -2.14. The van der Waals surface area contributed by atoms with E-state index in [1.165, 1.54) is 16.0 Å². The van der Waals surface area contributed by atoms with Crippen molar-refractivity contribution in [2.75, 3.05) is 11.6 Å². The Morgan fingerprint density at radius 2 is 1.86 bits per heavy atom. The van der Waals surface area contributed by atoms with Gasteiger partial charge in [-0.15, -0.1) is 11.8 Å². The van der Waals surface area contributed by atoms with Crippen LogP contribution < -0.4 is 5.32 Å². The van der Waals surface area contributed by atoms with Crippen molar-refractivity contribution in [3.63, 3.8) is 0 Å². The van der Waals surface area contributed by atoms with E-state index in [1.54, 1.807) is 11.8 Å². The van der Waals surface area contributed by atoms with Gasteiger partial charge in [0.05, 0.1) is 5.92 Å². The second kappa shape index (κ2) is 5.57. The van der Waals surface area contributed by atoms with E-state index in [2.05, 4.69) is 61.8 Å². The number of hydrogen-bond donors (Lipinski definition) is 1. The van der Waals surface area contributed by atoms with Crippen molar-refractivity contribution in [1.29, 1.82) is 0 Å². The molecule has 0 spiro atoms. The Kier molecular flexibility index (Phi) is 3.77. The van der Waals surface area contributed by atoms with E-state index in [4.69, 9.17) is 0 Å². The first kappa shape index (κ1) is 14.2. The van der Waals surface area contributed by atoms with Crippen LogP contribution in [-0.2, 0) is 11.2 Å². The predicted molar refractivity (Wildman–Crippen MR) is 89.2 cm³/mol. The highest BCUT2D eigenvalue weighted by atomic mass is 32.2. The number of hydrogen-bond acceptors (Lipinski definition) is 2. The Balaban J connectivity index is 1.91. The number of amides is 1. The topological polar surface area (TPSA) is 29.1 Å². The van der Waals surface area contributed by atoms with E-state index < -0.39 is 0 Å². The van der Waals surface area contributed by atoms with Gasteiger partial charge >= 0.3 is 0 Å². The van der Waals surface area contributed by atoms with Gasteiger partial charge in [0.25, 0.3) is 0 Å². The van der Waals surface area contributed by atoms with Gasteiger partial charge in [0.2, 0.25) is 5.91 Å². The van der Waals surface area contributed by atoms with Gasteiger partial charge in [0.1, 0.15) is 0 Å². The summed E-state index contributed by atoms with van der Waals surface area (Å²) in [4.78, 5) is 13.6. The van der Waals surface area contributed by atoms with Crippen LogP contribution >= 0.6 is 11.8 Å². The van der Waals surface area contributed by atoms with E-state index in [9.17, 15) is 4.79 Å². The van der Waals surface area contributed by atoms with Gasteiger partial charge in [-0.2, -0.15) is 0 Å². The van der Waals surface area contributed by atoms with Crippen LogP contribution in [0, 0.1) is 13.8 Å². The largest absolute Gasteiger partial charge is 0.325 e. The Morgan fingerprint density at radius 1 is 1.14 bits per heavy atom.